The molecule has 1 rings (SSSR count). The van der Waals surface area contributed by atoms with Crippen LogP contribution in [-0.4, -0.2) is 67.3 Å². The first kappa shape index (κ1) is 15.8. The standard InChI is InChI=1S/C13H24N2O4/c1-13(11(16)17)5-8-15(9-6-13)12(18)14(2)7-4-10-19-3/h4-10H2,1-3H3,(H,16,17). The van der Waals surface area contributed by atoms with Crippen molar-refractivity contribution in [3.8, 4) is 0 Å². The van der Waals surface area contributed by atoms with Crippen molar-refractivity contribution in [1.82, 2.24) is 9.80 Å². The highest BCUT2D eigenvalue weighted by Gasteiger charge is 2.38. The molecule has 0 atom stereocenters. The lowest BCUT2D eigenvalue weighted by atomic mass is 9.80. The van der Waals surface area contributed by atoms with E-state index in [0.717, 1.165) is 6.42 Å². The van der Waals surface area contributed by atoms with Gasteiger partial charge in [-0.15, -0.1) is 0 Å². The van der Waals surface area contributed by atoms with E-state index in [4.69, 9.17) is 9.84 Å². The summed E-state index contributed by atoms with van der Waals surface area (Å²) in [6.45, 7) is 4.06. The minimum Gasteiger partial charge on any atom is -0.481 e. The van der Waals surface area contributed by atoms with Crippen LogP contribution in [0.15, 0.2) is 0 Å². The maximum atomic E-state index is 12.1. The van der Waals surface area contributed by atoms with Crippen molar-refractivity contribution in [2.75, 3.05) is 40.4 Å². The van der Waals surface area contributed by atoms with Crippen LogP contribution in [0.4, 0.5) is 4.79 Å². The molecule has 0 spiro atoms. The van der Waals surface area contributed by atoms with Gasteiger partial charge in [0.05, 0.1) is 5.41 Å². The highest BCUT2D eigenvalue weighted by molar-refractivity contribution is 5.76. The van der Waals surface area contributed by atoms with E-state index in [0.29, 0.717) is 39.1 Å². The number of nitrogens with zero attached hydrogens (tertiary/aromatic N) is 2. The highest BCUT2D eigenvalue weighted by Crippen LogP contribution is 2.31. The van der Waals surface area contributed by atoms with Crippen molar-refractivity contribution in [3.05, 3.63) is 0 Å². The molecule has 6 heteroatoms. The lowest BCUT2D eigenvalue weighted by Gasteiger charge is -2.38. The maximum absolute atomic E-state index is 12.1. The van der Waals surface area contributed by atoms with Crippen molar-refractivity contribution >= 4 is 12.0 Å². The molecule has 0 bridgehead atoms. The van der Waals surface area contributed by atoms with E-state index in [1.807, 2.05) is 0 Å². The summed E-state index contributed by atoms with van der Waals surface area (Å²) in [6.07, 6.45) is 1.83. The van der Waals surface area contributed by atoms with Crippen LogP contribution in [0.25, 0.3) is 0 Å². The first-order chi connectivity index (χ1) is 8.90. The lowest BCUT2D eigenvalue weighted by molar-refractivity contribution is -0.150. The van der Waals surface area contributed by atoms with Gasteiger partial charge >= 0.3 is 12.0 Å². The molecule has 0 saturated carbocycles. The molecule has 110 valence electrons. The van der Waals surface area contributed by atoms with Gasteiger partial charge in [0.2, 0.25) is 0 Å². The van der Waals surface area contributed by atoms with Gasteiger partial charge in [-0.1, -0.05) is 0 Å². The molecule has 6 nitrogen and oxygen atoms in total. The number of rotatable bonds is 5. The van der Waals surface area contributed by atoms with Crippen molar-refractivity contribution in [3.63, 3.8) is 0 Å². The number of aliphatic carboxylic acids is 1. The van der Waals surface area contributed by atoms with E-state index in [9.17, 15) is 9.59 Å². The number of hydrogen-bond donors (Lipinski definition) is 1. The molecule has 1 aliphatic rings. The minimum atomic E-state index is -0.770. The molecule has 19 heavy (non-hydrogen) atoms. The number of hydrogen-bond acceptors (Lipinski definition) is 3. The normalized spacial score (nSPS) is 18.2. The summed E-state index contributed by atoms with van der Waals surface area (Å²) in [5.41, 5.74) is -0.689. The Morgan fingerprint density at radius 2 is 1.95 bits per heavy atom. The predicted octanol–water partition coefficient (Wildman–Crippen LogP) is 1.26. The van der Waals surface area contributed by atoms with Crippen molar-refractivity contribution < 1.29 is 19.4 Å². The largest absolute Gasteiger partial charge is 0.481 e. The minimum absolute atomic E-state index is 0.0245. The first-order valence-corrected chi connectivity index (χ1v) is 6.63. The fourth-order valence-corrected chi connectivity index (χ4v) is 2.19. The molecule has 1 fully saturated rings. The zero-order valence-corrected chi connectivity index (χ0v) is 12.0. The fraction of sp³-hybridized carbons (Fsp3) is 0.846. The van der Waals surface area contributed by atoms with E-state index >= 15 is 0 Å². The number of likely N-dealkylation sites (tertiary alicyclic amines) is 1. The number of carboxylic acid groups (broad SMARTS) is 1. The van der Waals surface area contributed by atoms with Crippen LogP contribution in [0.3, 0.4) is 0 Å². The molecule has 0 aromatic heterocycles. The Kier molecular flexibility index (Phi) is 5.60. The Hall–Kier alpha value is -1.30. The summed E-state index contributed by atoms with van der Waals surface area (Å²) >= 11 is 0. The third kappa shape index (κ3) is 4.09. The molecule has 0 radical (unpaired) electrons. The van der Waals surface area contributed by atoms with E-state index in [-0.39, 0.29) is 6.03 Å². The van der Waals surface area contributed by atoms with Crippen LogP contribution in [0.2, 0.25) is 0 Å². The molecular weight excluding hydrogens is 248 g/mol. The Morgan fingerprint density at radius 3 is 2.42 bits per heavy atom. The van der Waals surface area contributed by atoms with Crippen LogP contribution in [-0.2, 0) is 9.53 Å². The molecule has 0 unspecified atom stereocenters. The first-order valence-electron chi connectivity index (χ1n) is 6.63. The molecule has 0 aromatic rings. The number of methoxy groups -OCH3 is 1. The average molecular weight is 272 g/mol. The molecular formula is C13H24N2O4. The van der Waals surface area contributed by atoms with Crippen LogP contribution in [0.5, 0.6) is 0 Å². The smallest absolute Gasteiger partial charge is 0.319 e. The number of piperidine rings is 1. The monoisotopic (exact) mass is 272 g/mol. The van der Waals surface area contributed by atoms with Gasteiger partial charge in [-0.2, -0.15) is 0 Å². The van der Waals surface area contributed by atoms with E-state index in [1.165, 1.54) is 0 Å². The third-order valence-electron chi connectivity index (χ3n) is 3.82. The number of carbonyl (C=O) groups is 2. The maximum Gasteiger partial charge on any atom is 0.319 e. The van der Waals surface area contributed by atoms with Crippen molar-refractivity contribution in [2.45, 2.75) is 26.2 Å². The quantitative estimate of drug-likeness (QED) is 0.765. The van der Waals surface area contributed by atoms with Gasteiger partial charge in [0.25, 0.3) is 0 Å². The van der Waals surface area contributed by atoms with E-state index < -0.39 is 11.4 Å². The Bertz CT molecular complexity index is 325. The number of carbonyl (C=O) groups excluding carboxylic acids is 1. The molecule has 1 saturated heterocycles. The summed E-state index contributed by atoms with van der Waals surface area (Å²) in [6, 6.07) is -0.0245. The second-order valence-corrected chi connectivity index (χ2v) is 5.40. The number of amides is 2. The zero-order valence-electron chi connectivity index (χ0n) is 12.0. The average Bonchev–Trinajstić information content (AvgIpc) is 2.39. The van der Waals surface area contributed by atoms with Crippen LogP contribution < -0.4 is 0 Å². The highest BCUT2D eigenvalue weighted by atomic mass is 16.5. The van der Waals surface area contributed by atoms with Gasteiger partial charge in [-0.05, 0) is 26.2 Å². The second-order valence-electron chi connectivity index (χ2n) is 5.40. The Morgan fingerprint density at radius 1 is 1.37 bits per heavy atom. The lowest BCUT2D eigenvalue weighted by Crippen LogP contribution is -2.49. The molecule has 1 aliphatic heterocycles. The topological polar surface area (TPSA) is 70.1 Å². The fourth-order valence-electron chi connectivity index (χ4n) is 2.19. The molecule has 1 N–H and O–H groups in total. The predicted molar refractivity (Wildman–Crippen MR) is 71.1 cm³/mol. The summed E-state index contributed by atoms with van der Waals surface area (Å²) in [7, 11) is 3.40. The van der Waals surface area contributed by atoms with Gasteiger partial charge in [-0.3, -0.25) is 4.79 Å². The third-order valence-corrected chi connectivity index (χ3v) is 3.82. The summed E-state index contributed by atoms with van der Waals surface area (Å²) in [4.78, 5) is 26.7. The van der Waals surface area contributed by atoms with E-state index in [2.05, 4.69) is 0 Å². The molecule has 0 aromatic carbocycles. The van der Waals surface area contributed by atoms with Gasteiger partial charge in [-0.25, -0.2) is 4.79 Å². The Balaban J connectivity index is 2.42. The molecule has 2 amide bonds. The van der Waals surface area contributed by atoms with Crippen LogP contribution in [0, 0.1) is 5.41 Å². The number of urea groups is 1. The SMILES string of the molecule is COCCCN(C)C(=O)N1CCC(C)(C(=O)O)CC1. The zero-order chi connectivity index (χ0) is 14.5. The van der Waals surface area contributed by atoms with Gasteiger partial charge in [0.15, 0.2) is 0 Å². The Labute approximate surface area is 114 Å². The summed E-state index contributed by atoms with van der Waals surface area (Å²) in [5, 5.41) is 9.15. The number of ether oxygens (including phenoxy) is 1. The van der Waals surface area contributed by atoms with Gasteiger partial charge in [0, 0.05) is 40.4 Å². The van der Waals surface area contributed by atoms with E-state index in [1.54, 1.807) is 30.9 Å². The van der Waals surface area contributed by atoms with Crippen molar-refractivity contribution in [1.29, 1.82) is 0 Å². The van der Waals surface area contributed by atoms with Crippen molar-refractivity contribution in [2.24, 2.45) is 5.41 Å². The molecule has 0 aliphatic carbocycles. The van der Waals surface area contributed by atoms with Crippen LogP contribution in [0.1, 0.15) is 26.2 Å². The summed E-state index contributed by atoms with van der Waals surface area (Å²) in [5.74, 6) is -0.770. The molecule has 1 heterocycles. The van der Waals surface area contributed by atoms with Crippen LogP contribution >= 0.6 is 0 Å². The van der Waals surface area contributed by atoms with Gasteiger partial charge < -0.3 is 19.6 Å². The van der Waals surface area contributed by atoms with Gasteiger partial charge in [0.1, 0.15) is 0 Å². The number of carboxylic acids is 1. The summed E-state index contributed by atoms with van der Waals surface area (Å²) < 4.78 is 4.95. The second kappa shape index (κ2) is 6.75.